The highest BCUT2D eigenvalue weighted by Gasteiger charge is 2.29. The fourth-order valence-electron chi connectivity index (χ4n) is 0.903. The van der Waals surface area contributed by atoms with Gasteiger partial charge in [0.05, 0.1) is 5.69 Å². The lowest BCUT2D eigenvalue weighted by Gasteiger charge is -2.06. The van der Waals surface area contributed by atoms with Crippen LogP contribution in [-0.2, 0) is 6.42 Å². The summed E-state index contributed by atoms with van der Waals surface area (Å²) >= 11 is 2.91. The van der Waals surface area contributed by atoms with Crippen molar-refractivity contribution in [3.63, 3.8) is 0 Å². The first kappa shape index (κ1) is 11.2. The lowest BCUT2D eigenvalue weighted by molar-refractivity contribution is -0.128. The highest BCUT2D eigenvalue weighted by atomic mass is 79.9. The summed E-state index contributed by atoms with van der Waals surface area (Å²) in [5.74, 6) is -0.372. The summed E-state index contributed by atoms with van der Waals surface area (Å²) < 4.78 is 36.0. The molecule has 1 heterocycles. The van der Waals surface area contributed by atoms with Gasteiger partial charge in [-0.15, -0.1) is 0 Å². The van der Waals surface area contributed by atoms with E-state index < -0.39 is 18.2 Å². The first-order valence-corrected chi connectivity index (χ1v) is 4.41. The molecule has 0 saturated heterocycles. The number of rotatable bonds is 1. The van der Waals surface area contributed by atoms with Crippen molar-refractivity contribution in [3.05, 3.63) is 26.3 Å². The molecule has 0 spiro atoms. The summed E-state index contributed by atoms with van der Waals surface area (Å²) in [5.41, 5.74) is -0.357. The second-order valence-electron chi connectivity index (χ2n) is 2.70. The van der Waals surface area contributed by atoms with Gasteiger partial charge in [0.2, 0.25) is 0 Å². The van der Waals surface area contributed by atoms with Gasteiger partial charge in [0.25, 0.3) is 5.56 Å². The lowest BCUT2D eigenvalue weighted by atomic mass is 10.3. The van der Waals surface area contributed by atoms with Crippen molar-refractivity contribution in [2.75, 3.05) is 0 Å². The average Bonchev–Trinajstić information content (AvgIpc) is 1.96. The van der Waals surface area contributed by atoms with Gasteiger partial charge in [-0.05, 0) is 22.9 Å². The topological polar surface area (TPSA) is 45.8 Å². The fraction of sp³-hybridized carbons (Fsp3) is 0.429. The zero-order valence-corrected chi connectivity index (χ0v) is 8.66. The molecule has 0 aromatic carbocycles. The number of nitrogens with zero attached hydrogens (tertiary/aromatic N) is 1. The van der Waals surface area contributed by atoms with E-state index in [1.807, 2.05) is 4.98 Å². The van der Waals surface area contributed by atoms with Crippen molar-refractivity contribution in [2.24, 2.45) is 0 Å². The van der Waals surface area contributed by atoms with E-state index >= 15 is 0 Å². The van der Waals surface area contributed by atoms with E-state index in [4.69, 9.17) is 0 Å². The number of alkyl halides is 3. The molecular weight excluding hydrogens is 265 g/mol. The van der Waals surface area contributed by atoms with Crippen LogP contribution in [0.3, 0.4) is 0 Å². The van der Waals surface area contributed by atoms with Crippen LogP contribution in [0, 0.1) is 6.92 Å². The number of hydrogen-bond acceptors (Lipinski definition) is 2. The van der Waals surface area contributed by atoms with Gasteiger partial charge in [-0.25, -0.2) is 4.98 Å². The summed E-state index contributed by atoms with van der Waals surface area (Å²) in [6, 6.07) is 0. The molecule has 0 fully saturated rings. The molecule has 3 nitrogen and oxygen atoms in total. The monoisotopic (exact) mass is 270 g/mol. The van der Waals surface area contributed by atoms with Crippen molar-refractivity contribution >= 4 is 15.9 Å². The van der Waals surface area contributed by atoms with Gasteiger partial charge in [-0.2, -0.15) is 13.2 Å². The highest BCUT2D eigenvalue weighted by molar-refractivity contribution is 9.10. The third-order valence-electron chi connectivity index (χ3n) is 1.45. The standard InChI is InChI=1S/C7H6BrF3N2O/c1-3-5(8)6(14)13-4(12-3)2-7(9,10)11/h2H2,1H3,(H,12,13,14). The Morgan fingerprint density at radius 2 is 2.07 bits per heavy atom. The van der Waals surface area contributed by atoms with E-state index in [1.165, 1.54) is 6.92 Å². The molecule has 0 aliphatic heterocycles. The number of halogens is 4. The molecule has 0 saturated carbocycles. The Bertz CT molecular complexity index is 399. The van der Waals surface area contributed by atoms with Crippen LogP contribution in [0.25, 0.3) is 0 Å². The summed E-state index contributed by atoms with van der Waals surface area (Å²) in [5, 5.41) is 0. The zero-order chi connectivity index (χ0) is 10.9. The van der Waals surface area contributed by atoms with Crippen LogP contribution in [-0.4, -0.2) is 16.1 Å². The number of aryl methyl sites for hydroxylation is 1. The Labute approximate surface area is 85.5 Å². The maximum atomic E-state index is 11.9. The van der Waals surface area contributed by atoms with Crippen LogP contribution in [0.4, 0.5) is 13.2 Å². The number of aromatic nitrogens is 2. The molecule has 0 radical (unpaired) electrons. The smallest absolute Gasteiger partial charge is 0.309 e. The molecule has 78 valence electrons. The Kier molecular flexibility index (Phi) is 2.98. The first-order valence-electron chi connectivity index (χ1n) is 3.61. The molecule has 1 N–H and O–H groups in total. The Morgan fingerprint density at radius 3 is 2.50 bits per heavy atom. The van der Waals surface area contributed by atoms with Crippen LogP contribution in [0.5, 0.6) is 0 Å². The molecule has 1 rings (SSSR count). The highest BCUT2D eigenvalue weighted by Crippen LogP contribution is 2.19. The van der Waals surface area contributed by atoms with Gasteiger partial charge in [-0.3, -0.25) is 4.79 Å². The molecule has 1 aromatic rings. The average molecular weight is 271 g/mol. The van der Waals surface area contributed by atoms with E-state index in [9.17, 15) is 18.0 Å². The quantitative estimate of drug-likeness (QED) is 0.848. The van der Waals surface area contributed by atoms with Crippen molar-refractivity contribution in [3.8, 4) is 0 Å². The summed E-state index contributed by atoms with van der Waals surface area (Å²) in [6.07, 6.45) is -5.59. The minimum Gasteiger partial charge on any atom is -0.309 e. The van der Waals surface area contributed by atoms with Crippen LogP contribution in [0.15, 0.2) is 9.27 Å². The fourth-order valence-corrected chi connectivity index (χ4v) is 1.09. The van der Waals surface area contributed by atoms with E-state index in [1.54, 1.807) is 0 Å². The van der Waals surface area contributed by atoms with Gasteiger partial charge in [0.1, 0.15) is 16.7 Å². The number of hydrogen-bond donors (Lipinski definition) is 1. The SMILES string of the molecule is Cc1nc(CC(F)(F)F)[nH]c(=O)c1Br. The van der Waals surface area contributed by atoms with Crippen LogP contribution in [0.2, 0.25) is 0 Å². The largest absolute Gasteiger partial charge is 0.396 e. The van der Waals surface area contributed by atoms with E-state index in [-0.39, 0.29) is 16.0 Å². The molecule has 14 heavy (non-hydrogen) atoms. The molecule has 0 amide bonds. The zero-order valence-electron chi connectivity index (χ0n) is 7.07. The molecule has 0 bridgehead atoms. The second-order valence-corrected chi connectivity index (χ2v) is 3.50. The van der Waals surface area contributed by atoms with Crippen LogP contribution >= 0.6 is 15.9 Å². The Hall–Kier alpha value is -0.850. The van der Waals surface area contributed by atoms with Gasteiger partial charge in [0, 0.05) is 0 Å². The normalized spacial score (nSPS) is 11.8. The predicted molar refractivity (Wildman–Crippen MR) is 47.1 cm³/mol. The predicted octanol–water partition coefficient (Wildman–Crippen LogP) is 1.95. The third kappa shape index (κ3) is 2.83. The molecule has 0 aliphatic carbocycles. The Balaban J connectivity index is 3.08. The van der Waals surface area contributed by atoms with Crippen LogP contribution in [0.1, 0.15) is 11.5 Å². The van der Waals surface area contributed by atoms with E-state index in [2.05, 4.69) is 20.9 Å². The first-order chi connectivity index (χ1) is 6.29. The minimum absolute atomic E-state index is 0.156. The van der Waals surface area contributed by atoms with E-state index in [0.717, 1.165) is 0 Å². The summed E-state index contributed by atoms with van der Waals surface area (Å²) in [4.78, 5) is 16.7. The molecule has 1 aromatic heterocycles. The van der Waals surface area contributed by atoms with Gasteiger partial charge >= 0.3 is 6.18 Å². The van der Waals surface area contributed by atoms with E-state index in [0.29, 0.717) is 0 Å². The minimum atomic E-state index is -4.36. The molecule has 0 atom stereocenters. The van der Waals surface area contributed by atoms with Gasteiger partial charge in [0.15, 0.2) is 0 Å². The third-order valence-corrected chi connectivity index (χ3v) is 2.38. The van der Waals surface area contributed by atoms with Crippen molar-refractivity contribution in [2.45, 2.75) is 19.5 Å². The van der Waals surface area contributed by atoms with Crippen molar-refractivity contribution < 1.29 is 13.2 Å². The van der Waals surface area contributed by atoms with Gasteiger partial charge < -0.3 is 4.98 Å². The molecule has 7 heteroatoms. The molecule has 0 unspecified atom stereocenters. The lowest BCUT2D eigenvalue weighted by Crippen LogP contribution is -2.20. The maximum absolute atomic E-state index is 11.9. The number of H-pyrrole nitrogens is 1. The summed E-state index contributed by atoms with van der Waals surface area (Å²) in [7, 11) is 0. The number of nitrogens with one attached hydrogen (secondary N) is 1. The second kappa shape index (κ2) is 3.72. The summed E-state index contributed by atoms with van der Waals surface area (Å²) in [6.45, 7) is 1.46. The number of aromatic amines is 1. The molecule has 0 aliphatic rings. The molecular formula is C7H6BrF3N2O. The van der Waals surface area contributed by atoms with Crippen molar-refractivity contribution in [1.29, 1.82) is 0 Å². The van der Waals surface area contributed by atoms with Gasteiger partial charge in [-0.1, -0.05) is 0 Å². The Morgan fingerprint density at radius 1 is 1.50 bits per heavy atom. The van der Waals surface area contributed by atoms with Crippen molar-refractivity contribution in [1.82, 2.24) is 9.97 Å². The maximum Gasteiger partial charge on any atom is 0.396 e. The van der Waals surface area contributed by atoms with Crippen LogP contribution < -0.4 is 5.56 Å².